The molecule has 2 bridgehead atoms. The molecule has 3 aliphatic rings. The first-order valence-corrected chi connectivity index (χ1v) is 9.77. The largest absolute Gasteiger partial charge is 0.455 e. The summed E-state index contributed by atoms with van der Waals surface area (Å²) in [6, 6.07) is 0. The van der Waals surface area contributed by atoms with E-state index in [1.807, 2.05) is 0 Å². The van der Waals surface area contributed by atoms with Gasteiger partial charge >= 0.3 is 5.97 Å². The third-order valence-corrected chi connectivity index (χ3v) is 5.98. The molecule has 0 heterocycles. The van der Waals surface area contributed by atoms with Gasteiger partial charge in [0.1, 0.15) is 5.60 Å². The zero-order valence-electron chi connectivity index (χ0n) is 17.9. The van der Waals surface area contributed by atoms with Gasteiger partial charge < -0.3 is 4.74 Å². The highest BCUT2D eigenvalue weighted by Gasteiger charge is 2.49. The molecule has 3 rings (SSSR count). The number of rotatable bonds is 3. The minimum atomic E-state index is -0.515. The summed E-state index contributed by atoms with van der Waals surface area (Å²) in [5.74, 6) is 0.389. The van der Waals surface area contributed by atoms with Gasteiger partial charge in [-0.25, -0.2) is 0 Å². The van der Waals surface area contributed by atoms with Crippen LogP contribution in [0.15, 0.2) is 23.3 Å². The highest BCUT2D eigenvalue weighted by molar-refractivity contribution is 5.78. The van der Waals surface area contributed by atoms with Crippen LogP contribution in [-0.4, -0.2) is 11.6 Å². The lowest BCUT2D eigenvalue weighted by molar-refractivity contribution is -0.176. The lowest BCUT2D eigenvalue weighted by Gasteiger charge is -2.45. The van der Waals surface area contributed by atoms with Crippen LogP contribution in [0.1, 0.15) is 88.0 Å². The molecule has 1 saturated carbocycles. The number of allylic oxidation sites excluding steroid dienone is 3. The van der Waals surface area contributed by atoms with Crippen LogP contribution in [0.5, 0.6) is 0 Å². The predicted octanol–water partition coefficient (Wildman–Crippen LogP) is 6.46. The summed E-state index contributed by atoms with van der Waals surface area (Å²) in [7, 11) is 0. The Morgan fingerprint density at radius 1 is 1.12 bits per heavy atom. The number of esters is 1. The smallest absolute Gasteiger partial charge is 0.313 e. The molecule has 0 aromatic rings. The topological polar surface area (TPSA) is 26.3 Å². The van der Waals surface area contributed by atoms with Gasteiger partial charge in [0.15, 0.2) is 0 Å². The Labute approximate surface area is 155 Å². The van der Waals surface area contributed by atoms with E-state index >= 15 is 0 Å². The Morgan fingerprint density at radius 2 is 1.68 bits per heavy atom. The van der Waals surface area contributed by atoms with Gasteiger partial charge in [0.25, 0.3) is 0 Å². The van der Waals surface area contributed by atoms with Crippen molar-refractivity contribution in [2.24, 2.45) is 22.2 Å². The fourth-order valence-electron chi connectivity index (χ4n) is 4.44. The van der Waals surface area contributed by atoms with Gasteiger partial charge in [0.05, 0.1) is 5.41 Å². The van der Waals surface area contributed by atoms with E-state index < -0.39 is 11.0 Å². The molecule has 3 aliphatic carbocycles. The van der Waals surface area contributed by atoms with Crippen LogP contribution in [0.4, 0.5) is 0 Å². The molecule has 0 aromatic carbocycles. The number of ether oxygens (including phenoxy) is 1. The fourth-order valence-corrected chi connectivity index (χ4v) is 4.44. The van der Waals surface area contributed by atoms with Gasteiger partial charge in [-0.15, -0.1) is 0 Å². The van der Waals surface area contributed by atoms with Gasteiger partial charge in [0.2, 0.25) is 0 Å². The average molecular weight is 347 g/mol. The van der Waals surface area contributed by atoms with Crippen molar-refractivity contribution in [1.29, 1.82) is 0 Å². The Hall–Kier alpha value is -1.05. The standard InChI is InChI=1S/C23H38O2/c1-16-10-17-11-18(12-17)14-22(8,13-16)25-19(24)23(9,21(5,6)7)15-20(2,3)4/h10,14,16H,11-13,15H2,1-9H3. The molecule has 0 aliphatic heterocycles. The number of carbonyl (C=O) groups is 1. The molecule has 0 amide bonds. The summed E-state index contributed by atoms with van der Waals surface area (Å²) in [5.41, 5.74) is 1.86. The molecule has 0 aromatic heterocycles. The van der Waals surface area contributed by atoms with E-state index in [2.05, 4.69) is 74.5 Å². The second kappa shape index (κ2) is 6.28. The third-order valence-electron chi connectivity index (χ3n) is 5.98. The maximum atomic E-state index is 13.4. The second-order valence-corrected chi connectivity index (χ2v) is 11.2. The Bertz CT molecular complexity index is 587. The van der Waals surface area contributed by atoms with Gasteiger partial charge in [-0.1, -0.05) is 65.7 Å². The number of hydrogen-bond acceptors (Lipinski definition) is 2. The molecule has 0 radical (unpaired) electrons. The summed E-state index contributed by atoms with van der Waals surface area (Å²) in [6.45, 7) is 19.5. The van der Waals surface area contributed by atoms with Crippen LogP contribution in [0.2, 0.25) is 0 Å². The lowest BCUT2D eigenvalue weighted by atomic mass is 9.61. The van der Waals surface area contributed by atoms with E-state index in [0.29, 0.717) is 5.92 Å². The van der Waals surface area contributed by atoms with Crippen molar-refractivity contribution in [3.05, 3.63) is 23.3 Å². The van der Waals surface area contributed by atoms with Gasteiger partial charge in [-0.2, -0.15) is 0 Å². The van der Waals surface area contributed by atoms with Crippen molar-refractivity contribution in [3.8, 4) is 0 Å². The molecule has 0 spiro atoms. The molecule has 2 heteroatoms. The number of carbonyl (C=O) groups excluding carboxylic acids is 1. The predicted molar refractivity (Wildman–Crippen MR) is 105 cm³/mol. The van der Waals surface area contributed by atoms with Crippen LogP contribution >= 0.6 is 0 Å². The van der Waals surface area contributed by atoms with Gasteiger partial charge in [-0.05, 0) is 62.4 Å². The van der Waals surface area contributed by atoms with E-state index in [9.17, 15) is 4.79 Å². The molecule has 0 saturated heterocycles. The van der Waals surface area contributed by atoms with Gasteiger partial charge in [0, 0.05) is 0 Å². The van der Waals surface area contributed by atoms with Crippen molar-refractivity contribution in [2.75, 3.05) is 0 Å². The molecular formula is C23H38O2. The molecule has 2 nitrogen and oxygen atoms in total. The molecule has 1 fully saturated rings. The van der Waals surface area contributed by atoms with E-state index in [1.54, 1.807) is 5.57 Å². The first kappa shape index (κ1) is 20.3. The summed E-state index contributed by atoms with van der Waals surface area (Å²) in [5, 5.41) is 0. The van der Waals surface area contributed by atoms with E-state index in [0.717, 1.165) is 25.7 Å². The van der Waals surface area contributed by atoms with E-state index in [1.165, 1.54) is 5.57 Å². The number of hydrogen-bond donors (Lipinski definition) is 0. The summed E-state index contributed by atoms with van der Waals surface area (Å²) < 4.78 is 6.27. The fraction of sp³-hybridized carbons (Fsp3) is 0.783. The van der Waals surface area contributed by atoms with Crippen molar-refractivity contribution >= 4 is 5.97 Å². The minimum Gasteiger partial charge on any atom is -0.455 e. The summed E-state index contributed by atoms with van der Waals surface area (Å²) in [6.07, 6.45) is 8.42. The van der Waals surface area contributed by atoms with Crippen molar-refractivity contribution in [2.45, 2.75) is 93.6 Å². The number of fused-ring (bicyclic) bond motifs is 4. The van der Waals surface area contributed by atoms with Crippen molar-refractivity contribution in [1.82, 2.24) is 0 Å². The van der Waals surface area contributed by atoms with Crippen molar-refractivity contribution < 1.29 is 9.53 Å². The monoisotopic (exact) mass is 346 g/mol. The molecule has 0 N–H and O–H groups in total. The Balaban J connectivity index is 2.28. The SMILES string of the molecule is CC1C=C2CC(=CC(C)(OC(=O)C(C)(CC(C)(C)C)C(C)(C)C)C1)C2. The molecule has 3 unspecified atom stereocenters. The van der Waals surface area contributed by atoms with Crippen LogP contribution in [0, 0.1) is 22.2 Å². The lowest BCUT2D eigenvalue weighted by Crippen LogP contribution is -2.47. The minimum absolute atomic E-state index is 0.0504. The van der Waals surface area contributed by atoms with Crippen molar-refractivity contribution in [3.63, 3.8) is 0 Å². The molecule has 3 atom stereocenters. The highest BCUT2D eigenvalue weighted by Crippen LogP contribution is 2.49. The van der Waals surface area contributed by atoms with Crippen LogP contribution in [-0.2, 0) is 9.53 Å². The first-order chi connectivity index (χ1) is 11.1. The van der Waals surface area contributed by atoms with Crippen LogP contribution in [0.25, 0.3) is 0 Å². The van der Waals surface area contributed by atoms with Gasteiger partial charge in [-0.3, -0.25) is 4.79 Å². The van der Waals surface area contributed by atoms with Crippen LogP contribution < -0.4 is 0 Å². The first-order valence-electron chi connectivity index (χ1n) is 9.77. The quantitative estimate of drug-likeness (QED) is 0.433. The summed E-state index contributed by atoms with van der Waals surface area (Å²) in [4.78, 5) is 13.4. The molecule has 25 heavy (non-hydrogen) atoms. The Morgan fingerprint density at radius 3 is 2.16 bits per heavy atom. The molecular weight excluding hydrogens is 308 g/mol. The molecule has 142 valence electrons. The maximum Gasteiger partial charge on any atom is 0.313 e. The zero-order chi connectivity index (χ0) is 19.3. The zero-order valence-corrected chi connectivity index (χ0v) is 17.9. The van der Waals surface area contributed by atoms with E-state index in [-0.39, 0.29) is 16.8 Å². The second-order valence-electron chi connectivity index (χ2n) is 11.2. The van der Waals surface area contributed by atoms with Crippen LogP contribution in [0.3, 0.4) is 0 Å². The van der Waals surface area contributed by atoms with E-state index in [4.69, 9.17) is 4.74 Å². The summed E-state index contributed by atoms with van der Waals surface area (Å²) >= 11 is 0. The Kier molecular flexibility index (Phi) is 5.09. The normalized spacial score (nSPS) is 29.4. The maximum absolute atomic E-state index is 13.4. The third kappa shape index (κ3) is 4.57. The highest BCUT2D eigenvalue weighted by atomic mass is 16.6. The average Bonchev–Trinajstić information content (AvgIpc) is 2.29.